The second kappa shape index (κ2) is 5.33. The highest BCUT2D eigenvalue weighted by Crippen LogP contribution is 2.24. The average Bonchev–Trinajstić information content (AvgIpc) is 2.57. The number of aromatic amines is 1. The van der Waals surface area contributed by atoms with E-state index in [-0.39, 0.29) is 0 Å². The van der Waals surface area contributed by atoms with Crippen LogP contribution in [0.25, 0.3) is 0 Å². The lowest BCUT2D eigenvalue weighted by Crippen LogP contribution is -1.97. The Morgan fingerprint density at radius 1 is 1.17 bits per heavy atom. The SMILES string of the molecule is Cc1nc(C(C)C)c(Cc2cc(Cl)cc(Cl)c2)[nH]1. The van der Waals surface area contributed by atoms with Crippen molar-refractivity contribution in [3.63, 3.8) is 0 Å². The highest BCUT2D eigenvalue weighted by Gasteiger charge is 2.12. The van der Waals surface area contributed by atoms with E-state index in [0.29, 0.717) is 16.0 Å². The molecule has 1 N–H and O–H groups in total. The zero-order valence-corrected chi connectivity index (χ0v) is 12.2. The molecule has 2 rings (SSSR count). The van der Waals surface area contributed by atoms with Gasteiger partial charge in [0.1, 0.15) is 5.82 Å². The Balaban J connectivity index is 2.33. The average molecular weight is 283 g/mol. The van der Waals surface area contributed by atoms with E-state index in [1.165, 1.54) is 0 Å². The van der Waals surface area contributed by atoms with Gasteiger partial charge in [-0.3, -0.25) is 0 Å². The Morgan fingerprint density at radius 2 is 1.78 bits per heavy atom. The van der Waals surface area contributed by atoms with Crippen LogP contribution in [0.5, 0.6) is 0 Å². The van der Waals surface area contributed by atoms with Gasteiger partial charge < -0.3 is 4.98 Å². The number of rotatable bonds is 3. The van der Waals surface area contributed by atoms with Crippen molar-refractivity contribution in [3.05, 3.63) is 51.0 Å². The fraction of sp³-hybridized carbons (Fsp3) is 0.357. The number of aromatic nitrogens is 2. The predicted molar refractivity (Wildman–Crippen MR) is 76.7 cm³/mol. The molecule has 0 fully saturated rings. The predicted octanol–water partition coefficient (Wildman–Crippen LogP) is 4.74. The summed E-state index contributed by atoms with van der Waals surface area (Å²) in [6.07, 6.45) is 0.772. The first-order valence-corrected chi connectivity index (χ1v) is 6.71. The lowest BCUT2D eigenvalue weighted by Gasteiger charge is -2.06. The van der Waals surface area contributed by atoms with E-state index in [1.807, 2.05) is 19.1 Å². The quantitative estimate of drug-likeness (QED) is 0.866. The van der Waals surface area contributed by atoms with Crippen molar-refractivity contribution in [1.82, 2.24) is 9.97 Å². The van der Waals surface area contributed by atoms with Gasteiger partial charge in [0.05, 0.1) is 5.69 Å². The van der Waals surface area contributed by atoms with Gasteiger partial charge in [-0.15, -0.1) is 0 Å². The van der Waals surface area contributed by atoms with Crippen molar-refractivity contribution >= 4 is 23.2 Å². The first kappa shape index (κ1) is 13.4. The Bertz CT molecular complexity index is 539. The molecule has 0 atom stereocenters. The van der Waals surface area contributed by atoms with E-state index >= 15 is 0 Å². The summed E-state index contributed by atoms with van der Waals surface area (Å²) in [5, 5.41) is 1.33. The molecule has 0 saturated carbocycles. The normalized spacial score (nSPS) is 11.2. The van der Waals surface area contributed by atoms with Crippen LogP contribution in [-0.4, -0.2) is 9.97 Å². The molecule has 0 aliphatic carbocycles. The molecule has 1 aromatic heterocycles. The van der Waals surface area contributed by atoms with E-state index < -0.39 is 0 Å². The van der Waals surface area contributed by atoms with Crippen molar-refractivity contribution in [1.29, 1.82) is 0 Å². The maximum absolute atomic E-state index is 6.01. The van der Waals surface area contributed by atoms with Gasteiger partial charge in [-0.25, -0.2) is 4.98 Å². The fourth-order valence-corrected chi connectivity index (χ4v) is 2.66. The minimum Gasteiger partial charge on any atom is -0.346 e. The zero-order chi connectivity index (χ0) is 13.3. The van der Waals surface area contributed by atoms with Crippen molar-refractivity contribution < 1.29 is 0 Å². The number of hydrogen-bond acceptors (Lipinski definition) is 1. The molecule has 1 aromatic carbocycles. The maximum atomic E-state index is 6.01. The minimum absolute atomic E-state index is 0.402. The number of nitrogens with one attached hydrogen (secondary N) is 1. The molecule has 0 aliphatic heterocycles. The lowest BCUT2D eigenvalue weighted by molar-refractivity contribution is 0.812. The Hall–Kier alpha value is -0.990. The van der Waals surface area contributed by atoms with E-state index in [4.69, 9.17) is 23.2 Å². The Morgan fingerprint density at radius 3 is 2.33 bits per heavy atom. The summed E-state index contributed by atoms with van der Waals surface area (Å²) < 4.78 is 0. The summed E-state index contributed by atoms with van der Waals surface area (Å²) in [5.41, 5.74) is 3.35. The molecule has 2 nitrogen and oxygen atoms in total. The van der Waals surface area contributed by atoms with Gasteiger partial charge in [-0.2, -0.15) is 0 Å². The molecule has 18 heavy (non-hydrogen) atoms. The molecule has 0 bridgehead atoms. The van der Waals surface area contributed by atoms with E-state index in [2.05, 4.69) is 23.8 Å². The number of benzene rings is 1. The third kappa shape index (κ3) is 3.06. The zero-order valence-electron chi connectivity index (χ0n) is 10.7. The van der Waals surface area contributed by atoms with E-state index in [1.54, 1.807) is 6.07 Å². The Labute approximate surface area is 117 Å². The van der Waals surface area contributed by atoms with Gasteiger partial charge in [0.25, 0.3) is 0 Å². The van der Waals surface area contributed by atoms with Crippen LogP contribution in [0, 0.1) is 6.92 Å². The molecule has 1 heterocycles. The van der Waals surface area contributed by atoms with Gasteiger partial charge in [0.15, 0.2) is 0 Å². The Kier molecular flexibility index (Phi) is 3.98. The highest BCUT2D eigenvalue weighted by molar-refractivity contribution is 6.34. The summed E-state index contributed by atoms with van der Waals surface area (Å²) in [5.74, 6) is 1.35. The molecule has 0 amide bonds. The third-order valence-corrected chi connectivity index (χ3v) is 3.22. The van der Waals surface area contributed by atoms with E-state index in [0.717, 1.165) is 29.2 Å². The molecular weight excluding hydrogens is 267 g/mol. The monoisotopic (exact) mass is 282 g/mol. The summed E-state index contributed by atoms with van der Waals surface area (Å²) in [4.78, 5) is 7.85. The topological polar surface area (TPSA) is 28.7 Å². The third-order valence-electron chi connectivity index (χ3n) is 2.78. The van der Waals surface area contributed by atoms with Crippen molar-refractivity contribution in [3.8, 4) is 0 Å². The second-order valence-electron chi connectivity index (χ2n) is 4.80. The standard InChI is InChI=1S/C14H16Cl2N2/c1-8(2)14-13(17-9(3)18-14)6-10-4-11(15)7-12(16)5-10/h4-5,7-8H,6H2,1-3H3,(H,17,18). The summed E-state index contributed by atoms with van der Waals surface area (Å²) in [7, 11) is 0. The molecule has 0 radical (unpaired) electrons. The van der Waals surface area contributed by atoms with Crippen molar-refractivity contribution in [2.45, 2.75) is 33.1 Å². The van der Waals surface area contributed by atoms with Crippen LogP contribution in [0.15, 0.2) is 18.2 Å². The van der Waals surface area contributed by atoms with Crippen LogP contribution < -0.4 is 0 Å². The van der Waals surface area contributed by atoms with E-state index in [9.17, 15) is 0 Å². The summed E-state index contributed by atoms with van der Waals surface area (Å²) >= 11 is 12.0. The largest absolute Gasteiger partial charge is 0.346 e. The first-order chi connectivity index (χ1) is 8.45. The summed E-state index contributed by atoms with van der Waals surface area (Å²) in [6.45, 7) is 6.26. The smallest absolute Gasteiger partial charge is 0.103 e. The maximum Gasteiger partial charge on any atom is 0.103 e. The molecule has 0 spiro atoms. The van der Waals surface area contributed by atoms with Crippen LogP contribution in [0.2, 0.25) is 10.0 Å². The van der Waals surface area contributed by atoms with Crippen LogP contribution in [0.4, 0.5) is 0 Å². The molecule has 0 saturated heterocycles. The highest BCUT2D eigenvalue weighted by atomic mass is 35.5. The van der Waals surface area contributed by atoms with Crippen LogP contribution in [0.1, 0.15) is 42.5 Å². The number of hydrogen-bond donors (Lipinski definition) is 1. The molecule has 2 aromatic rings. The fourth-order valence-electron chi connectivity index (χ4n) is 2.09. The number of aryl methyl sites for hydroxylation is 1. The summed E-state index contributed by atoms with van der Waals surface area (Å²) in [6, 6.07) is 5.62. The molecular formula is C14H16Cl2N2. The number of imidazole rings is 1. The first-order valence-electron chi connectivity index (χ1n) is 5.96. The molecule has 4 heteroatoms. The second-order valence-corrected chi connectivity index (χ2v) is 5.67. The molecule has 0 aliphatic rings. The van der Waals surface area contributed by atoms with Gasteiger partial charge in [-0.05, 0) is 36.6 Å². The van der Waals surface area contributed by atoms with Gasteiger partial charge in [0.2, 0.25) is 0 Å². The number of H-pyrrole nitrogens is 1. The van der Waals surface area contributed by atoms with Crippen LogP contribution in [-0.2, 0) is 6.42 Å². The van der Waals surface area contributed by atoms with Gasteiger partial charge >= 0.3 is 0 Å². The van der Waals surface area contributed by atoms with Crippen molar-refractivity contribution in [2.24, 2.45) is 0 Å². The number of halogens is 2. The lowest BCUT2D eigenvalue weighted by atomic mass is 10.0. The van der Waals surface area contributed by atoms with Crippen LogP contribution in [0.3, 0.4) is 0 Å². The van der Waals surface area contributed by atoms with Gasteiger partial charge in [-0.1, -0.05) is 37.0 Å². The van der Waals surface area contributed by atoms with Gasteiger partial charge in [0, 0.05) is 22.2 Å². The molecule has 96 valence electrons. The number of nitrogens with zero attached hydrogens (tertiary/aromatic N) is 1. The van der Waals surface area contributed by atoms with Crippen molar-refractivity contribution in [2.75, 3.05) is 0 Å². The minimum atomic E-state index is 0.402. The molecule has 0 unspecified atom stereocenters. The van der Waals surface area contributed by atoms with Crippen LogP contribution >= 0.6 is 23.2 Å².